The summed E-state index contributed by atoms with van der Waals surface area (Å²) in [4.78, 5) is 10.0. The van der Waals surface area contributed by atoms with Crippen LogP contribution in [0.5, 0.6) is 0 Å². The van der Waals surface area contributed by atoms with Gasteiger partial charge in [-0.15, -0.1) is 11.3 Å². The monoisotopic (exact) mass is 233 g/mol. The molecule has 84 valence electrons. The zero-order valence-electron chi connectivity index (χ0n) is 9.74. The predicted octanol–water partition coefficient (Wildman–Crippen LogP) is 3.25. The van der Waals surface area contributed by atoms with Gasteiger partial charge >= 0.3 is 0 Å². The lowest BCUT2D eigenvalue weighted by Crippen LogP contribution is -2.03. The Balaban J connectivity index is 2.47. The molecule has 0 aliphatic heterocycles. The second-order valence-corrected chi connectivity index (χ2v) is 4.60. The largest absolute Gasteiger partial charge is 0.354 e. The average molecular weight is 233 g/mol. The molecule has 0 aliphatic carbocycles. The molecule has 3 nitrogen and oxygen atoms in total. The van der Waals surface area contributed by atoms with Gasteiger partial charge in [-0.25, -0.2) is 9.97 Å². The van der Waals surface area contributed by atoms with Crippen LogP contribution in [0.3, 0.4) is 0 Å². The predicted molar refractivity (Wildman–Crippen MR) is 69.0 cm³/mol. The van der Waals surface area contributed by atoms with Crippen molar-refractivity contribution in [1.29, 1.82) is 0 Å². The Hall–Kier alpha value is -1.42. The second-order valence-electron chi connectivity index (χ2n) is 3.69. The van der Waals surface area contributed by atoms with Crippen molar-refractivity contribution in [2.45, 2.75) is 20.8 Å². The first-order valence-electron chi connectivity index (χ1n) is 5.34. The van der Waals surface area contributed by atoms with Crippen LogP contribution in [0, 0.1) is 13.8 Å². The van der Waals surface area contributed by atoms with Gasteiger partial charge in [-0.3, -0.25) is 0 Å². The lowest BCUT2D eigenvalue weighted by molar-refractivity contribution is 1.07. The number of anilines is 1. The molecule has 2 heterocycles. The summed E-state index contributed by atoms with van der Waals surface area (Å²) in [6.45, 7) is 7.04. The molecule has 0 spiro atoms. The number of aromatic nitrogens is 2. The Bertz CT molecular complexity index is 491. The molecule has 0 saturated heterocycles. The van der Waals surface area contributed by atoms with E-state index in [1.165, 1.54) is 10.4 Å². The highest BCUT2D eigenvalue weighted by Crippen LogP contribution is 2.30. The Labute approximate surface area is 99.6 Å². The summed E-state index contributed by atoms with van der Waals surface area (Å²) in [5.74, 6) is 0.705. The van der Waals surface area contributed by atoms with E-state index in [1.54, 1.807) is 11.3 Å². The van der Waals surface area contributed by atoms with Crippen molar-refractivity contribution < 1.29 is 0 Å². The quantitative estimate of drug-likeness (QED) is 0.884. The highest BCUT2D eigenvalue weighted by molar-refractivity contribution is 7.13. The van der Waals surface area contributed by atoms with E-state index in [-0.39, 0.29) is 0 Å². The molecular formula is C12H15N3S. The lowest BCUT2D eigenvalue weighted by Gasteiger charge is -2.07. The maximum atomic E-state index is 4.55. The Morgan fingerprint density at radius 1 is 1.31 bits per heavy atom. The van der Waals surface area contributed by atoms with Gasteiger partial charge in [0.25, 0.3) is 0 Å². The van der Waals surface area contributed by atoms with Crippen LogP contribution in [0.2, 0.25) is 0 Å². The van der Waals surface area contributed by atoms with Crippen molar-refractivity contribution in [3.63, 3.8) is 0 Å². The molecule has 0 fully saturated rings. The van der Waals surface area contributed by atoms with E-state index in [1.807, 2.05) is 20.0 Å². The maximum Gasteiger partial charge on any atom is 0.223 e. The molecule has 0 atom stereocenters. The van der Waals surface area contributed by atoms with Gasteiger partial charge in [0, 0.05) is 12.7 Å². The smallest absolute Gasteiger partial charge is 0.223 e. The van der Waals surface area contributed by atoms with Gasteiger partial charge in [0.05, 0.1) is 10.6 Å². The number of aryl methyl sites for hydroxylation is 2. The summed E-state index contributed by atoms with van der Waals surface area (Å²) < 4.78 is 0. The van der Waals surface area contributed by atoms with E-state index in [2.05, 4.69) is 33.7 Å². The van der Waals surface area contributed by atoms with Gasteiger partial charge in [0.15, 0.2) is 0 Å². The molecule has 2 rings (SSSR count). The summed E-state index contributed by atoms with van der Waals surface area (Å²) in [7, 11) is 0. The molecule has 16 heavy (non-hydrogen) atoms. The van der Waals surface area contributed by atoms with Gasteiger partial charge in [-0.1, -0.05) is 0 Å². The van der Waals surface area contributed by atoms with Crippen LogP contribution in [0.25, 0.3) is 10.6 Å². The summed E-state index contributed by atoms with van der Waals surface area (Å²) in [6.07, 6.45) is 1.87. The highest BCUT2D eigenvalue weighted by Gasteiger charge is 2.09. The molecule has 2 aromatic rings. The molecule has 0 saturated carbocycles. The Morgan fingerprint density at radius 3 is 2.75 bits per heavy atom. The van der Waals surface area contributed by atoms with Crippen LogP contribution in [0.4, 0.5) is 5.95 Å². The zero-order valence-corrected chi connectivity index (χ0v) is 10.6. The van der Waals surface area contributed by atoms with Crippen molar-refractivity contribution >= 4 is 17.3 Å². The van der Waals surface area contributed by atoms with Crippen molar-refractivity contribution in [3.8, 4) is 10.6 Å². The van der Waals surface area contributed by atoms with E-state index in [4.69, 9.17) is 0 Å². The van der Waals surface area contributed by atoms with Gasteiger partial charge in [-0.05, 0) is 43.3 Å². The first kappa shape index (κ1) is 11.1. The van der Waals surface area contributed by atoms with Crippen molar-refractivity contribution in [1.82, 2.24) is 9.97 Å². The summed E-state index contributed by atoms with van der Waals surface area (Å²) in [5, 5.41) is 5.24. The molecule has 2 aromatic heterocycles. The van der Waals surface area contributed by atoms with Crippen molar-refractivity contribution in [2.24, 2.45) is 0 Å². The van der Waals surface area contributed by atoms with E-state index in [9.17, 15) is 0 Å². The van der Waals surface area contributed by atoms with Crippen molar-refractivity contribution in [2.75, 3.05) is 11.9 Å². The third-order valence-electron chi connectivity index (χ3n) is 2.38. The van der Waals surface area contributed by atoms with Crippen molar-refractivity contribution in [3.05, 3.63) is 28.8 Å². The molecule has 1 N–H and O–H groups in total. The van der Waals surface area contributed by atoms with E-state index >= 15 is 0 Å². The second kappa shape index (κ2) is 4.61. The fourth-order valence-corrected chi connectivity index (χ4v) is 2.51. The molecule has 0 radical (unpaired) electrons. The van der Waals surface area contributed by atoms with Gasteiger partial charge in [0.1, 0.15) is 0 Å². The number of nitrogens with zero attached hydrogens (tertiary/aromatic N) is 2. The van der Waals surface area contributed by atoms with Crippen LogP contribution in [-0.2, 0) is 0 Å². The minimum Gasteiger partial charge on any atom is -0.354 e. The fourth-order valence-electron chi connectivity index (χ4n) is 1.53. The van der Waals surface area contributed by atoms with Crippen LogP contribution >= 0.6 is 11.3 Å². The molecular weight excluding hydrogens is 218 g/mol. The molecule has 0 bridgehead atoms. The minimum atomic E-state index is 0.705. The summed E-state index contributed by atoms with van der Waals surface area (Å²) >= 11 is 1.73. The fraction of sp³-hybridized carbons (Fsp3) is 0.333. The topological polar surface area (TPSA) is 37.8 Å². The SMILES string of the molecule is CCNc1ncc(C)c(-c2sccc2C)n1. The van der Waals surface area contributed by atoms with E-state index in [0.717, 1.165) is 17.8 Å². The number of nitrogens with one attached hydrogen (secondary N) is 1. The number of hydrogen-bond acceptors (Lipinski definition) is 4. The third-order valence-corrected chi connectivity index (χ3v) is 3.41. The molecule has 0 aliphatic rings. The Kier molecular flexibility index (Phi) is 3.19. The standard InChI is InChI=1S/C12H15N3S/c1-4-13-12-14-7-9(3)10(15-12)11-8(2)5-6-16-11/h5-7H,4H2,1-3H3,(H,13,14,15). The average Bonchev–Trinajstić information content (AvgIpc) is 2.68. The number of hydrogen-bond donors (Lipinski definition) is 1. The van der Waals surface area contributed by atoms with Gasteiger partial charge < -0.3 is 5.32 Å². The maximum absolute atomic E-state index is 4.55. The zero-order chi connectivity index (χ0) is 11.5. The van der Waals surface area contributed by atoms with E-state index in [0.29, 0.717) is 5.95 Å². The number of thiophene rings is 1. The van der Waals surface area contributed by atoms with Gasteiger partial charge in [-0.2, -0.15) is 0 Å². The molecule has 0 amide bonds. The third kappa shape index (κ3) is 2.07. The minimum absolute atomic E-state index is 0.705. The first-order valence-corrected chi connectivity index (χ1v) is 6.22. The molecule has 0 aromatic carbocycles. The van der Waals surface area contributed by atoms with E-state index < -0.39 is 0 Å². The Morgan fingerprint density at radius 2 is 2.12 bits per heavy atom. The van der Waals surface area contributed by atoms with Crippen LogP contribution in [-0.4, -0.2) is 16.5 Å². The number of rotatable bonds is 3. The highest BCUT2D eigenvalue weighted by atomic mass is 32.1. The molecule has 4 heteroatoms. The van der Waals surface area contributed by atoms with Crippen LogP contribution < -0.4 is 5.32 Å². The molecule has 0 unspecified atom stereocenters. The van der Waals surface area contributed by atoms with Crippen LogP contribution in [0.15, 0.2) is 17.6 Å². The van der Waals surface area contributed by atoms with Crippen LogP contribution in [0.1, 0.15) is 18.1 Å². The van der Waals surface area contributed by atoms with Gasteiger partial charge in [0.2, 0.25) is 5.95 Å². The summed E-state index contributed by atoms with van der Waals surface area (Å²) in [6, 6.07) is 2.12. The lowest BCUT2D eigenvalue weighted by atomic mass is 10.2. The summed E-state index contributed by atoms with van der Waals surface area (Å²) in [5.41, 5.74) is 3.43. The normalized spacial score (nSPS) is 10.4. The first-order chi connectivity index (χ1) is 7.72.